The molecule has 0 fully saturated rings. The molecule has 2 rings (SSSR count). The number of imidazole rings is 1. The second-order valence-electron chi connectivity index (χ2n) is 3.36. The molecule has 74 valence electrons. The molecular formula is C11H15N3. The second kappa shape index (κ2) is 4.24. The summed E-state index contributed by atoms with van der Waals surface area (Å²) in [6.45, 7) is 4.07. The maximum Gasteiger partial charge on any atom is 0.0996 e. The van der Waals surface area contributed by atoms with Crippen LogP contribution in [0.2, 0.25) is 0 Å². The van der Waals surface area contributed by atoms with Crippen LogP contribution in [0.3, 0.4) is 0 Å². The molecule has 14 heavy (non-hydrogen) atoms. The number of rotatable bonds is 4. The lowest BCUT2D eigenvalue weighted by molar-refractivity contribution is 0.669. The highest BCUT2D eigenvalue weighted by Gasteiger charge is 2.01. The molecule has 2 heterocycles. The van der Waals surface area contributed by atoms with E-state index in [0.29, 0.717) is 0 Å². The molecule has 0 saturated carbocycles. The molecule has 1 N–H and O–H groups in total. The molecule has 3 heteroatoms. The fourth-order valence-corrected chi connectivity index (χ4v) is 1.52. The van der Waals surface area contributed by atoms with Crippen LogP contribution in [0.4, 0.5) is 0 Å². The van der Waals surface area contributed by atoms with Gasteiger partial charge >= 0.3 is 0 Å². The summed E-state index contributed by atoms with van der Waals surface area (Å²) in [7, 11) is 0. The standard InChI is InChI=1S/C11H15N3/c1-2-6-12-8-10-11-5-3-4-7-14(11)9-13-10/h3-5,7,9,12H,2,6,8H2,1H3. The Bertz CT molecular complexity index is 406. The first kappa shape index (κ1) is 9.21. The maximum absolute atomic E-state index is 4.37. The Morgan fingerprint density at radius 2 is 2.36 bits per heavy atom. The molecule has 0 bridgehead atoms. The number of aromatic nitrogens is 2. The van der Waals surface area contributed by atoms with Crippen molar-refractivity contribution in [1.82, 2.24) is 14.7 Å². The van der Waals surface area contributed by atoms with Gasteiger partial charge in [0.1, 0.15) is 0 Å². The minimum atomic E-state index is 0.856. The molecule has 0 radical (unpaired) electrons. The van der Waals surface area contributed by atoms with Crippen molar-refractivity contribution in [3.05, 3.63) is 36.4 Å². The number of hydrogen-bond acceptors (Lipinski definition) is 2. The number of nitrogens with zero attached hydrogens (tertiary/aromatic N) is 2. The smallest absolute Gasteiger partial charge is 0.0996 e. The van der Waals surface area contributed by atoms with Crippen molar-refractivity contribution in [2.45, 2.75) is 19.9 Å². The van der Waals surface area contributed by atoms with Crippen LogP contribution in [0.15, 0.2) is 30.7 Å². The fraction of sp³-hybridized carbons (Fsp3) is 0.364. The third kappa shape index (κ3) is 1.77. The number of hydrogen-bond donors (Lipinski definition) is 1. The Kier molecular flexibility index (Phi) is 2.79. The van der Waals surface area contributed by atoms with Gasteiger partial charge in [-0.2, -0.15) is 0 Å². The van der Waals surface area contributed by atoms with Crippen molar-refractivity contribution in [1.29, 1.82) is 0 Å². The zero-order chi connectivity index (χ0) is 9.80. The molecule has 0 saturated heterocycles. The number of fused-ring (bicyclic) bond motifs is 1. The van der Waals surface area contributed by atoms with E-state index in [0.717, 1.165) is 25.2 Å². The van der Waals surface area contributed by atoms with Crippen LogP contribution in [0, 0.1) is 0 Å². The fourth-order valence-electron chi connectivity index (χ4n) is 1.52. The van der Waals surface area contributed by atoms with E-state index in [1.807, 2.05) is 29.1 Å². The Hall–Kier alpha value is -1.35. The zero-order valence-electron chi connectivity index (χ0n) is 8.40. The molecule has 0 spiro atoms. The van der Waals surface area contributed by atoms with Gasteiger partial charge < -0.3 is 9.72 Å². The molecule has 0 aliphatic heterocycles. The van der Waals surface area contributed by atoms with E-state index < -0.39 is 0 Å². The maximum atomic E-state index is 4.37. The molecule has 0 aromatic carbocycles. The van der Waals surface area contributed by atoms with Crippen LogP contribution in [0.25, 0.3) is 5.52 Å². The lowest BCUT2D eigenvalue weighted by atomic mass is 10.3. The van der Waals surface area contributed by atoms with Gasteiger partial charge in [0, 0.05) is 12.7 Å². The first-order valence-electron chi connectivity index (χ1n) is 5.03. The molecule has 0 unspecified atom stereocenters. The third-order valence-electron chi connectivity index (χ3n) is 2.24. The summed E-state index contributed by atoms with van der Waals surface area (Å²) in [6, 6.07) is 6.15. The summed E-state index contributed by atoms with van der Waals surface area (Å²) in [6.07, 6.45) is 5.04. The SMILES string of the molecule is CCCNCc1ncn2ccccc12. The quantitative estimate of drug-likeness (QED) is 0.743. The monoisotopic (exact) mass is 189 g/mol. The minimum Gasteiger partial charge on any atom is -0.311 e. The first-order chi connectivity index (χ1) is 6.92. The summed E-state index contributed by atoms with van der Waals surface area (Å²) < 4.78 is 2.04. The molecule has 2 aromatic rings. The van der Waals surface area contributed by atoms with Crippen molar-refractivity contribution in [3.8, 4) is 0 Å². The van der Waals surface area contributed by atoms with Crippen molar-refractivity contribution in [2.75, 3.05) is 6.54 Å². The summed E-state index contributed by atoms with van der Waals surface area (Å²) in [5, 5.41) is 3.35. The molecule has 0 amide bonds. The van der Waals surface area contributed by atoms with Gasteiger partial charge in [-0.05, 0) is 25.1 Å². The van der Waals surface area contributed by atoms with Crippen molar-refractivity contribution in [2.24, 2.45) is 0 Å². The predicted molar refractivity (Wildman–Crippen MR) is 57.2 cm³/mol. The normalized spacial score (nSPS) is 10.9. The van der Waals surface area contributed by atoms with Gasteiger partial charge in [-0.25, -0.2) is 4.98 Å². The average molecular weight is 189 g/mol. The van der Waals surface area contributed by atoms with Crippen LogP contribution in [0.5, 0.6) is 0 Å². The van der Waals surface area contributed by atoms with Crippen LogP contribution >= 0.6 is 0 Å². The summed E-state index contributed by atoms with van der Waals surface area (Å²) in [5.41, 5.74) is 2.31. The van der Waals surface area contributed by atoms with Crippen LogP contribution < -0.4 is 5.32 Å². The number of pyridine rings is 1. The van der Waals surface area contributed by atoms with E-state index in [1.54, 1.807) is 0 Å². The Balaban J connectivity index is 2.17. The summed E-state index contributed by atoms with van der Waals surface area (Å²) in [5.74, 6) is 0. The van der Waals surface area contributed by atoms with Gasteiger partial charge in [0.05, 0.1) is 17.5 Å². The van der Waals surface area contributed by atoms with Gasteiger partial charge in [-0.15, -0.1) is 0 Å². The highest BCUT2D eigenvalue weighted by atomic mass is 15.0. The number of nitrogens with one attached hydrogen (secondary N) is 1. The Morgan fingerprint density at radius 1 is 1.43 bits per heavy atom. The Morgan fingerprint density at radius 3 is 3.21 bits per heavy atom. The second-order valence-corrected chi connectivity index (χ2v) is 3.36. The van der Waals surface area contributed by atoms with Gasteiger partial charge in [-0.3, -0.25) is 0 Å². The first-order valence-corrected chi connectivity index (χ1v) is 5.03. The predicted octanol–water partition coefficient (Wildman–Crippen LogP) is 1.83. The van der Waals surface area contributed by atoms with Gasteiger partial charge in [0.15, 0.2) is 0 Å². The van der Waals surface area contributed by atoms with Crippen molar-refractivity contribution >= 4 is 5.52 Å². The van der Waals surface area contributed by atoms with Crippen LogP contribution in [-0.2, 0) is 6.54 Å². The van der Waals surface area contributed by atoms with Gasteiger partial charge in [0.25, 0.3) is 0 Å². The topological polar surface area (TPSA) is 29.3 Å². The molecule has 3 nitrogen and oxygen atoms in total. The van der Waals surface area contributed by atoms with E-state index in [2.05, 4.69) is 23.3 Å². The molecule has 2 aromatic heterocycles. The molecule has 0 aliphatic carbocycles. The van der Waals surface area contributed by atoms with Crippen molar-refractivity contribution in [3.63, 3.8) is 0 Å². The lowest BCUT2D eigenvalue weighted by Crippen LogP contribution is -2.14. The highest BCUT2D eigenvalue weighted by molar-refractivity contribution is 5.51. The minimum absolute atomic E-state index is 0.856. The summed E-state index contributed by atoms with van der Waals surface area (Å²) >= 11 is 0. The summed E-state index contributed by atoms with van der Waals surface area (Å²) in [4.78, 5) is 4.37. The van der Waals surface area contributed by atoms with E-state index >= 15 is 0 Å². The third-order valence-corrected chi connectivity index (χ3v) is 2.24. The van der Waals surface area contributed by atoms with E-state index in [-0.39, 0.29) is 0 Å². The average Bonchev–Trinajstić information content (AvgIpc) is 2.63. The van der Waals surface area contributed by atoms with Crippen molar-refractivity contribution < 1.29 is 0 Å². The van der Waals surface area contributed by atoms with Gasteiger partial charge in [0.2, 0.25) is 0 Å². The highest BCUT2D eigenvalue weighted by Crippen LogP contribution is 2.07. The molecular weight excluding hydrogens is 174 g/mol. The zero-order valence-corrected chi connectivity index (χ0v) is 8.40. The van der Waals surface area contributed by atoms with E-state index in [4.69, 9.17) is 0 Å². The van der Waals surface area contributed by atoms with E-state index in [9.17, 15) is 0 Å². The van der Waals surface area contributed by atoms with Crippen LogP contribution in [0.1, 0.15) is 19.0 Å². The largest absolute Gasteiger partial charge is 0.311 e. The van der Waals surface area contributed by atoms with E-state index in [1.165, 1.54) is 5.52 Å². The lowest BCUT2D eigenvalue weighted by Gasteiger charge is -2.00. The Labute approximate surface area is 83.8 Å². The molecule has 0 atom stereocenters. The molecule has 0 aliphatic rings. The van der Waals surface area contributed by atoms with Gasteiger partial charge in [-0.1, -0.05) is 13.0 Å². The van der Waals surface area contributed by atoms with Crippen LogP contribution in [-0.4, -0.2) is 15.9 Å².